The van der Waals surface area contributed by atoms with E-state index in [4.69, 9.17) is 0 Å². The van der Waals surface area contributed by atoms with Crippen LogP contribution in [0.1, 0.15) is 22.9 Å². The number of hydrogen-bond donors (Lipinski definition) is 1. The highest BCUT2D eigenvalue weighted by Crippen LogP contribution is 2.28. The Morgan fingerprint density at radius 3 is 2.64 bits per heavy atom. The standard InChI is InChI=1S/C21H19N5O2/c1-14-10-11-18(15(2)12-14)22-21(16-6-5-7-17(13-16)26(27)28)25-20-9-4-3-8-19(20)23-24-25/h3-13,21-22H,1-2H3. The maximum Gasteiger partial charge on any atom is 0.269 e. The first-order valence-corrected chi connectivity index (χ1v) is 8.91. The molecule has 1 heterocycles. The number of hydrogen-bond acceptors (Lipinski definition) is 5. The Morgan fingerprint density at radius 2 is 1.86 bits per heavy atom. The quantitative estimate of drug-likeness (QED) is 0.408. The predicted molar refractivity (Wildman–Crippen MR) is 108 cm³/mol. The molecular formula is C21H19N5O2. The van der Waals surface area contributed by atoms with E-state index in [2.05, 4.69) is 21.7 Å². The van der Waals surface area contributed by atoms with Crippen LogP contribution in [0.5, 0.6) is 0 Å². The molecule has 0 fully saturated rings. The summed E-state index contributed by atoms with van der Waals surface area (Å²) < 4.78 is 1.76. The Labute approximate surface area is 161 Å². The molecule has 0 spiro atoms. The zero-order valence-corrected chi connectivity index (χ0v) is 15.5. The molecule has 1 aromatic heterocycles. The van der Waals surface area contributed by atoms with Gasteiger partial charge in [0.05, 0.1) is 10.4 Å². The monoisotopic (exact) mass is 373 g/mol. The van der Waals surface area contributed by atoms with Gasteiger partial charge in [0.25, 0.3) is 5.69 Å². The van der Waals surface area contributed by atoms with Crippen LogP contribution in [-0.2, 0) is 0 Å². The van der Waals surface area contributed by atoms with Gasteiger partial charge in [0.15, 0.2) is 0 Å². The van der Waals surface area contributed by atoms with Crippen molar-refractivity contribution >= 4 is 22.4 Å². The van der Waals surface area contributed by atoms with Crippen molar-refractivity contribution in [2.75, 3.05) is 5.32 Å². The van der Waals surface area contributed by atoms with Gasteiger partial charge in [0.2, 0.25) is 0 Å². The summed E-state index contributed by atoms with van der Waals surface area (Å²) in [6.07, 6.45) is -0.450. The van der Waals surface area contributed by atoms with E-state index >= 15 is 0 Å². The molecule has 140 valence electrons. The first-order valence-electron chi connectivity index (χ1n) is 8.91. The molecule has 28 heavy (non-hydrogen) atoms. The molecule has 0 bridgehead atoms. The van der Waals surface area contributed by atoms with Gasteiger partial charge in [0, 0.05) is 23.4 Å². The van der Waals surface area contributed by atoms with E-state index in [0.29, 0.717) is 0 Å². The van der Waals surface area contributed by atoms with Gasteiger partial charge in [-0.25, -0.2) is 4.68 Å². The van der Waals surface area contributed by atoms with Crippen LogP contribution < -0.4 is 5.32 Å². The summed E-state index contributed by atoms with van der Waals surface area (Å²) in [4.78, 5) is 10.9. The number of nitrogens with one attached hydrogen (secondary N) is 1. The van der Waals surface area contributed by atoms with Crippen LogP contribution in [0.2, 0.25) is 0 Å². The van der Waals surface area contributed by atoms with Crippen LogP contribution in [0, 0.1) is 24.0 Å². The smallest absolute Gasteiger partial charge is 0.269 e. The minimum Gasteiger partial charge on any atom is -0.360 e. The van der Waals surface area contributed by atoms with Crippen molar-refractivity contribution in [3.63, 3.8) is 0 Å². The summed E-state index contributed by atoms with van der Waals surface area (Å²) in [5, 5.41) is 23.3. The minimum atomic E-state index is -0.450. The maximum absolute atomic E-state index is 11.3. The Hall–Kier alpha value is -3.74. The lowest BCUT2D eigenvalue weighted by Gasteiger charge is -2.22. The van der Waals surface area contributed by atoms with Crippen LogP contribution in [0.25, 0.3) is 11.0 Å². The number of rotatable bonds is 5. The van der Waals surface area contributed by atoms with Crippen molar-refractivity contribution in [1.82, 2.24) is 15.0 Å². The molecule has 7 nitrogen and oxygen atoms in total. The van der Waals surface area contributed by atoms with Gasteiger partial charge in [-0.05, 0) is 37.6 Å². The molecule has 4 rings (SSSR count). The van der Waals surface area contributed by atoms with Crippen molar-refractivity contribution in [3.8, 4) is 0 Å². The van der Waals surface area contributed by atoms with E-state index in [1.807, 2.05) is 56.3 Å². The second-order valence-corrected chi connectivity index (χ2v) is 6.74. The number of aryl methyl sites for hydroxylation is 2. The summed E-state index contributed by atoms with van der Waals surface area (Å²) in [6.45, 7) is 4.07. The predicted octanol–water partition coefficient (Wildman–Crippen LogP) is 4.62. The third kappa shape index (κ3) is 3.29. The number of aromatic nitrogens is 3. The number of fused-ring (bicyclic) bond motifs is 1. The van der Waals surface area contributed by atoms with E-state index in [0.717, 1.165) is 27.8 Å². The summed E-state index contributed by atoms with van der Waals surface area (Å²) in [7, 11) is 0. The summed E-state index contributed by atoms with van der Waals surface area (Å²) in [5.41, 5.74) is 5.55. The molecule has 0 aliphatic heterocycles. The summed E-state index contributed by atoms with van der Waals surface area (Å²) in [5.74, 6) is 0. The largest absolute Gasteiger partial charge is 0.360 e. The van der Waals surface area contributed by atoms with Crippen molar-refractivity contribution in [1.29, 1.82) is 0 Å². The molecular weight excluding hydrogens is 354 g/mol. The number of nitrogens with zero attached hydrogens (tertiary/aromatic N) is 4. The molecule has 0 aliphatic carbocycles. The van der Waals surface area contributed by atoms with Gasteiger partial charge >= 0.3 is 0 Å². The van der Waals surface area contributed by atoms with Crippen molar-refractivity contribution < 1.29 is 4.92 Å². The van der Waals surface area contributed by atoms with E-state index in [9.17, 15) is 10.1 Å². The van der Waals surface area contributed by atoms with Crippen LogP contribution in [-0.4, -0.2) is 19.9 Å². The Balaban J connectivity index is 1.85. The molecule has 3 aromatic carbocycles. The van der Waals surface area contributed by atoms with E-state index < -0.39 is 11.1 Å². The Morgan fingerprint density at radius 1 is 1.04 bits per heavy atom. The van der Waals surface area contributed by atoms with Gasteiger partial charge in [0.1, 0.15) is 11.7 Å². The van der Waals surface area contributed by atoms with Gasteiger partial charge in [-0.2, -0.15) is 0 Å². The second-order valence-electron chi connectivity index (χ2n) is 6.74. The van der Waals surface area contributed by atoms with E-state index in [1.54, 1.807) is 16.8 Å². The zero-order valence-electron chi connectivity index (χ0n) is 15.5. The summed E-state index contributed by atoms with van der Waals surface area (Å²) in [6, 6.07) is 20.4. The topological polar surface area (TPSA) is 85.9 Å². The minimum absolute atomic E-state index is 0.0364. The van der Waals surface area contributed by atoms with E-state index in [-0.39, 0.29) is 5.69 Å². The number of nitro groups is 1. The summed E-state index contributed by atoms with van der Waals surface area (Å²) >= 11 is 0. The second kappa shape index (κ2) is 7.11. The number of para-hydroxylation sites is 1. The van der Waals surface area contributed by atoms with Crippen LogP contribution in [0.3, 0.4) is 0 Å². The van der Waals surface area contributed by atoms with Crippen LogP contribution >= 0.6 is 0 Å². The maximum atomic E-state index is 11.3. The van der Waals surface area contributed by atoms with Crippen molar-refractivity contribution in [2.24, 2.45) is 0 Å². The molecule has 0 saturated heterocycles. The third-order valence-electron chi connectivity index (χ3n) is 4.69. The van der Waals surface area contributed by atoms with Crippen LogP contribution in [0.4, 0.5) is 11.4 Å². The third-order valence-corrected chi connectivity index (χ3v) is 4.69. The Kier molecular flexibility index (Phi) is 4.49. The fourth-order valence-corrected chi connectivity index (χ4v) is 3.29. The fraction of sp³-hybridized carbons (Fsp3) is 0.143. The van der Waals surface area contributed by atoms with Gasteiger partial charge in [-0.3, -0.25) is 10.1 Å². The molecule has 0 aliphatic rings. The molecule has 1 unspecified atom stereocenters. The molecule has 0 radical (unpaired) electrons. The molecule has 4 aromatic rings. The molecule has 0 amide bonds. The molecule has 1 N–H and O–H groups in total. The van der Waals surface area contributed by atoms with Crippen molar-refractivity contribution in [2.45, 2.75) is 20.0 Å². The molecule has 0 saturated carbocycles. The number of anilines is 1. The number of non-ortho nitro benzene ring substituents is 1. The average molecular weight is 373 g/mol. The first-order chi connectivity index (χ1) is 13.5. The van der Waals surface area contributed by atoms with Gasteiger partial charge < -0.3 is 5.32 Å². The lowest BCUT2D eigenvalue weighted by atomic mass is 10.1. The number of benzene rings is 3. The molecule has 7 heteroatoms. The van der Waals surface area contributed by atoms with E-state index in [1.165, 1.54) is 11.6 Å². The lowest BCUT2D eigenvalue weighted by molar-refractivity contribution is -0.384. The fourth-order valence-electron chi connectivity index (χ4n) is 3.29. The lowest BCUT2D eigenvalue weighted by Crippen LogP contribution is -2.21. The normalized spacial score (nSPS) is 12.1. The van der Waals surface area contributed by atoms with Gasteiger partial charge in [-0.15, -0.1) is 5.10 Å². The average Bonchev–Trinajstić information content (AvgIpc) is 3.11. The van der Waals surface area contributed by atoms with Gasteiger partial charge in [-0.1, -0.05) is 47.2 Å². The number of nitro benzene ring substituents is 1. The van der Waals surface area contributed by atoms with Crippen LogP contribution in [0.15, 0.2) is 66.7 Å². The molecule has 1 atom stereocenters. The zero-order chi connectivity index (χ0) is 19.7. The first kappa shape index (κ1) is 17.7. The Bertz CT molecular complexity index is 1170. The highest BCUT2D eigenvalue weighted by molar-refractivity contribution is 5.74. The SMILES string of the molecule is Cc1ccc(NC(c2cccc([N+](=O)[O-])c2)n2nnc3ccccc32)c(C)c1. The highest BCUT2D eigenvalue weighted by atomic mass is 16.6. The highest BCUT2D eigenvalue weighted by Gasteiger charge is 2.20. The van der Waals surface area contributed by atoms with Crippen molar-refractivity contribution in [3.05, 3.63) is 93.5 Å².